The third-order valence-electron chi connectivity index (χ3n) is 5.46. The number of rotatable bonds is 3. The van der Waals surface area contributed by atoms with Crippen molar-refractivity contribution in [2.45, 2.75) is 80.2 Å². The van der Waals surface area contributed by atoms with E-state index in [1.54, 1.807) is 0 Å². The van der Waals surface area contributed by atoms with Crippen molar-refractivity contribution in [3.05, 3.63) is 11.6 Å². The van der Waals surface area contributed by atoms with Crippen LogP contribution in [0.4, 0.5) is 4.79 Å². The number of allylic oxidation sites excluding steroid dienone is 2. The Morgan fingerprint density at radius 1 is 1.26 bits per heavy atom. The van der Waals surface area contributed by atoms with E-state index >= 15 is 0 Å². The Morgan fingerprint density at radius 3 is 2.17 bits per heavy atom. The van der Waals surface area contributed by atoms with Gasteiger partial charge in [0.15, 0.2) is 0 Å². The van der Waals surface area contributed by atoms with E-state index in [0.717, 1.165) is 18.8 Å². The molecule has 0 unspecified atom stereocenters. The summed E-state index contributed by atoms with van der Waals surface area (Å²) in [6.07, 6.45) is 6.28. The summed E-state index contributed by atoms with van der Waals surface area (Å²) < 4.78 is 0. The molecular weight excluding hydrogens is 286 g/mol. The number of hydrogen-bond acceptors (Lipinski definition) is 1. The molecule has 0 aliphatic heterocycles. The average Bonchev–Trinajstić information content (AvgIpc) is 2.94. The van der Waals surface area contributed by atoms with E-state index < -0.39 is 6.09 Å². The second-order valence-electron chi connectivity index (χ2n) is 8.93. The zero-order valence-electron chi connectivity index (χ0n) is 16.1. The molecule has 0 saturated heterocycles. The van der Waals surface area contributed by atoms with Crippen LogP contribution in [0.15, 0.2) is 11.6 Å². The van der Waals surface area contributed by atoms with Gasteiger partial charge in [-0.1, -0.05) is 52.7 Å². The molecule has 0 radical (unpaired) electrons. The van der Waals surface area contributed by atoms with Crippen LogP contribution in [0.25, 0.3) is 0 Å². The highest BCUT2D eigenvalue weighted by Gasteiger charge is 2.43. The number of carboxylic acid groups (broad SMARTS) is 1. The quantitative estimate of drug-likeness (QED) is 0.653. The van der Waals surface area contributed by atoms with Crippen LogP contribution in [0.2, 0.25) is 0 Å². The van der Waals surface area contributed by atoms with Crippen LogP contribution in [-0.2, 0) is 0 Å². The van der Waals surface area contributed by atoms with E-state index in [-0.39, 0.29) is 6.04 Å². The molecule has 2 rings (SSSR count). The monoisotopic (exact) mass is 323 g/mol. The first-order chi connectivity index (χ1) is 10.5. The maximum Gasteiger partial charge on any atom is 0.404 e. The molecule has 0 spiro atoms. The number of amides is 1. The molecule has 23 heavy (non-hydrogen) atoms. The zero-order valence-corrected chi connectivity index (χ0v) is 16.1. The fourth-order valence-corrected chi connectivity index (χ4v) is 3.72. The number of nitrogens with one attached hydrogen (secondary N) is 1. The van der Waals surface area contributed by atoms with Gasteiger partial charge in [-0.25, -0.2) is 4.79 Å². The Bertz CT molecular complexity index is 421. The van der Waals surface area contributed by atoms with Crippen LogP contribution in [0.3, 0.4) is 0 Å². The van der Waals surface area contributed by atoms with E-state index in [1.165, 1.54) is 18.4 Å². The van der Waals surface area contributed by atoms with E-state index in [4.69, 9.17) is 5.11 Å². The van der Waals surface area contributed by atoms with Gasteiger partial charge >= 0.3 is 6.09 Å². The van der Waals surface area contributed by atoms with Gasteiger partial charge in [-0.3, -0.25) is 0 Å². The van der Waals surface area contributed by atoms with Gasteiger partial charge in [-0.15, -0.1) is 0 Å². The zero-order chi connectivity index (χ0) is 17.8. The summed E-state index contributed by atoms with van der Waals surface area (Å²) in [4.78, 5) is 10.6. The standard InChI is InChI=1S/C11H21NO2.C9H16/c1-7(2)9-5-4-8(3)6-10(9)12-11(13)14;1-7(2)5-8-6-9(8,3)4/h7-10,12H,4-6H2,1-3H3,(H,13,14);5,8H,6H2,1-4H3/t8-,9+,10-;8-/m11/s1. The van der Waals surface area contributed by atoms with Crippen molar-refractivity contribution in [1.82, 2.24) is 5.32 Å². The minimum Gasteiger partial charge on any atom is -0.465 e. The Hall–Kier alpha value is -0.990. The number of carbonyl (C=O) groups is 1. The summed E-state index contributed by atoms with van der Waals surface area (Å²) in [6, 6.07) is 0.163. The van der Waals surface area contributed by atoms with Crippen LogP contribution in [-0.4, -0.2) is 17.2 Å². The maximum atomic E-state index is 10.6. The lowest BCUT2D eigenvalue weighted by atomic mass is 9.74. The number of hydrogen-bond donors (Lipinski definition) is 2. The molecule has 0 aromatic carbocycles. The lowest BCUT2D eigenvalue weighted by Crippen LogP contribution is -2.45. The first-order valence-electron chi connectivity index (χ1n) is 9.17. The summed E-state index contributed by atoms with van der Waals surface area (Å²) in [6.45, 7) is 15.6. The average molecular weight is 324 g/mol. The predicted octanol–water partition coefficient (Wildman–Crippen LogP) is 5.71. The Kier molecular flexibility index (Phi) is 7.16. The van der Waals surface area contributed by atoms with Gasteiger partial charge in [-0.2, -0.15) is 0 Å². The molecule has 2 aliphatic carbocycles. The Labute approximate surface area is 142 Å². The Balaban J connectivity index is 0.000000253. The van der Waals surface area contributed by atoms with Crippen molar-refractivity contribution < 1.29 is 9.90 Å². The molecule has 0 bridgehead atoms. The molecule has 2 saturated carbocycles. The third-order valence-corrected chi connectivity index (χ3v) is 5.46. The van der Waals surface area contributed by atoms with E-state index in [9.17, 15) is 4.79 Å². The molecule has 2 aliphatic rings. The fourth-order valence-electron chi connectivity index (χ4n) is 3.72. The van der Waals surface area contributed by atoms with Crippen molar-refractivity contribution >= 4 is 6.09 Å². The largest absolute Gasteiger partial charge is 0.465 e. The summed E-state index contributed by atoms with van der Waals surface area (Å²) in [7, 11) is 0. The van der Waals surface area contributed by atoms with Gasteiger partial charge in [-0.05, 0) is 62.2 Å². The third kappa shape index (κ3) is 6.97. The van der Waals surface area contributed by atoms with Crippen LogP contribution in [0.5, 0.6) is 0 Å². The lowest BCUT2D eigenvalue weighted by Gasteiger charge is -2.37. The van der Waals surface area contributed by atoms with Crippen LogP contribution < -0.4 is 5.32 Å². The maximum absolute atomic E-state index is 10.6. The lowest BCUT2D eigenvalue weighted by molar-refractivity contribution is 0.147. The summed E-state index contributed by atoms with van der Waals surface area (Å²) >= 11 is 0. The normalized spacial score (nSPS) is 31.7. The SMILES string of the molecule is CC(C)=C[C@@H]1CC1(C)C.CC(C)[C@@H]1CC[C@@H](C)C[C@H]1NC(=O)O. The smallest absolute Gasteiger partial charge is 0.404 e. The van der Waals surface area contributed by atoms with Crippen molar-refractivity contribution in [1.29, 1.82) is 0 Å². The molecule has 3 heteroatoms. The Morgan fingerprint density at radius 2 is 1.83 bits per heavy atom. The first-order valence-corrected chi connectivity index (χ1v) is 9.17. The molecule has 134 valence electrons. The molecule has 0 aromatic heterocycles. The highest BCUT2D eigenvalue weighted by Crippen LogP contribution is 2.52. The summed E-state index contributed by atoms with van der Waals surface area (Å²) in [5.41, 5.74) is 2.09. The minimum atomic E-state index is -0.880. The molecular formula is C20H37NO2. The van der Waals surface area contributed by atoms with Crippen molar-refractivity contribution in [2.75, 3.05) is 0 Å². The molecule has 0 aromatic rings. The molecule has 0 heterocycles. The van der Waals surface area contributed by atoms with Crippen LogP contribution >= 0.6 is 0 Å². The van der Waals surface area contributed by atoms with Gasteiger partial charge in [0.1, 0.15) is 0 Å². The molecule has 3 nitrogen and oxygen atoms in total. The van der Waals surface area contributed by atoms with E-state index in [1.807, 2.05) is 0 Å². The van der Waals surface area contributed by atoms with Crippen LogP contribution in [0.1, 0.15) is 74.1 Å². The van der Waals surface area contributed by atoms with Gasteiger partial charge in [0, 0.05) is 6.04 Å². The molecule has 2 fully saturated rings. The predicted molar refractivity (Wildman–Crippen MR) is 97.6 cm³/mol. The summed E-state index contributed by atoms with van der Waals surface area (Å²) in [5, 5.41) is 11.4. The van der Waals surface area contributed by atoms with Crippen molar-refractivity contribution in [3.8, 4) is 0 Å². The van der Waals surface area contributed by atoms with Gasteiger partial charge in [0.25, 0.3) is 0 Å². The van der Waals surface area contributed by atoms with Gasteiger partial charge in [0.2, 0.25) is 0 Å². The van der Waals surface area contributed by atoms with Crippen LogP contribution in [0, 0.1) is 29.1 Å². The minimum absolute atomic E-state index is 0.163. The highest BCUT2D eigenvalue weighted by atomic mass is 16.4. The highest BCUT2D eigenvalue weighted by molar-refractivity contribution is 5.64. The topological polar surface area (TPSA) is 49.3 Å². The van der Waals surface area contributed by atoms with E-state index in [2.05, 4.69) is 59.9 Å². The fraction of sp³-hybridized carbons (Fsp3) is 0.850. The van der Waals surface area contributed by atoms with Crippen molar-refractivity contribution in [2.24, 2.45) is 29.1 Å². The second-order valence-corrected chi connectivity index (χ2v) is 8.93. The first kappa shape index (κ1) is 20.1. The van der Waals surface area contributed by atoms with E-state index in [0.29, 0.717) is 23.2 Å². The van der Waals surface area contributed by atoms with Gasteiger partial charge < -0.3 is 10.4 Å². The second kappa shape index (κ2) is 8.21. The molecule has 4 atom stereocenters. The molecule has 1 amide bonds. The summed E-state index contributed by atoms with van der Waals surface area (Å²) in [5.74, 6) is 2.62. The van der Waals surface area contributed by atoms with Gasteiger partial charge in [0.05, 0.1) is 0 Å². The van der Waals surface area contributed by atoms with Crippen molar-refractivity contribution in [3.63, 3.8) is 0 Å². The molecule has 2 N–H and O–H groups in total.